The lowest BCUT2D eigenvalue weighted by Gasteiger charge is -2.41. The smallest absolute Gasteiger partial charge is 0.375 e. The molecule has 1 fully saturated rings. The highest BCUT2D eigenvalue weighted by molar-refractivity contribution is 6.62. The van der Waals surface area contributed by atoms with Gasteiger partial charge in [0.1, 0.15) is 0 Å². The van der Waals surface area contributed by atoms with Gasteiger partial charge < -0.3 is 22.8 Å². The third-order valence-electron chi connectivity index (χ3n) is 2.96. The Morgan fingerprint density at radius 3 is 1.89 bits per heavy atom. The van der Waals surface area contributed by atoms with Crippen molar-refractivity contribution in [2.24, 2.45) is 0 Å². The highest BCUT2D eigenvalue weighted by atomic mass is 28.4. The van der Waals surface area contributed by atoms with E-state index in [1.54, 1.807) is 0 Å². The van der Waals surface area contributed by atoms with Crippen LogP contribution in [-0.4, -0.2) is 53.7 Å². The topological polar surface area (TPSA) is 46.2 Å². The van der Waals surface area contributed by atoms with Gasteiger partial charge >= 0.3 is 8.80 Å². The molecule has 1 heterocycles. The predicted octanol–water partition coefficient (Wildman–Crippen LogP) is 2.16. The molecule has 0 aliphatic carbocycles. The van der Waals surface area contributed by atoms with Gasteiger partial charge in [-0.3, -0.25) is 0 Å². The second-order valence-corrected chi connectivity index (χ2v) is 7.03. The largest absolute Gasteiger partial charge is 0.534 e. The summed E-state index contributed by atoms with van der Waals surface area (Å²) in [7, 11) is -2.84. The van der Waals surface area contributed by atoms with Crippen LogP contribution in [0.1, 0.15) is 40.5 Å². The fourth-order valence-corrected chi connectivity index (χ4v) is 5.14. The zero-order valence-corrected chi connectivity index (χ0v) is 13.6. The number of hydrogen-bond donors (Lipinski definition) is 0. The molecule has 0 bridgehead atoms. The van der Waals surface area contributed by atoms with Crippen molar-refractivity contribution in [1.29, 1.82) is 0 Å². The maximum absolute atomic E-state index is 5.98. The molecule has 5 nitrogen and oxygen atoms in total. The van der Waals surface area contributed by atoms with E-state index in [1.807, 2.05) is 20.8 Å². The molecule has 0 N–H and O–H groups in total. The van der Waals surface area contributed by atoms with Crippen molar-refractivity contribution in [2.45, 2.75) is 52.4 Å². The van der Waals surface area contributed by atoms with Crippen molar-refractivity contribution in [2.75, 3.05) is 33.0 Å². The molecular weight excluding hydrogens is 264 g/mol. The minimum absolute atomic E-state index is 0.0443. The van der Waals surface area contributed by atoms with Crippen molar-refractivity contribution in [1.82, 2.24) is 0 Å². The summed E-state index contributed by atoms with van der Waals surface area (Å²) in [6.07, 6.45) is 1.98. The van der Waals surface area contributed by atoms with Crippen LogP contribution in [0.4, 0.5) is 0 Å². The summed E-state index contributed by atoms with van der Waals surface area (Å²) in [5.41, 5.74) is -0.207. The molecule has 0 saturated carbocycles. The molecule has 1 aliphatic rings. The van der Waals surface area contributed by atoms with E-state index in [-0.39, 0.29) is 11.8 Å². The minimum atomic E-state index is -2.84. The van der Waals surface area contributed by atoms with E-state index in [4.69, 9.17) is 22.8 Å². The Hall–Kier alpha value is 0.0169. The minimum Gasteiger partial charge on any atom is -0.375 e. The fourth-order valence-electron chi connectivity index (χ4n) is 2.15. The Balaban J connectivity index is 2.84. The second kappa shape index (κ2) is 9.04. The second-order valence-electron chi connectivity index (χ2n) is 4.39. The van der Waals surface area contributed by atoms with Crippen molar-refractivity contribution < 1.29 is 22.8 Å². The van der Waals surface area contributed by atoms with Crippen LogP contribution >= 0.6 is 0 Å². The summed E-state index contributed by atoms with van der Waals surface area (Å²) in [5, 5.41) is 0. The zero-order chi connectivity index (χ0) is 14.1. The van der Waals surface area contributed by atoms with Gasteiger partial charge in [-0.15, -0.1) is 0 Å². The molecule has 2 unspecified atom stereocenters. The average Bonchev–Trinajstić information content (AvgIpc) is 2.32. The van der Waals surface area contributed by atoms with Crippen LogP contribution in [0.25, 0.3) is 0 Å². The van der Waals surface area contributed by atoms with Crippen LogP contribution in [-0.2, 0) is 22.8 Å². The van der Waals surface area contributed by atoms with E-state index in [9.17, 15) is 0 Å². The lowest BCUT2D eigenvalue weighted by Crippen LogP contribution is -2.64. The molecule has 0 aromatic carbocycles. The van der Waals surface area contributed by atoms with Crippen LogP contribution in [0.5, 0.6) is 0 Å². The third kappa shape index (κ3) is 4.51. The summed E-state index contributed by atoms with van der Waals surface area (Å²) in [6.45, 7) is 11.1. The maximum atomic E-state index is 5.98. The standard InChI is InChI=1S/C13H28O5Si/c1-5-10-15-13(12-9-11-14-12)19(16-6-2,17-7-3)18-8-4/h12-13H,5-11H2,1-4H3. The van der Waals surface area contributed by atoms with E-state index in [1.165, 1.54) is 0 Å². The van der Waals surface area contributed by atoms with Crippen molar-refractivity contribution in [3.05, 3.63) is 0 Å². The molecule has 0 radical (unpaired) electrons. The van der Waals surface area contributed by atoms with E-state index in [2.05, 4.69) is 6.92 Å². The maximum Gasteiger partial charge on any atom is 0.534 e. The van der Waals surface area contributed by atoms with Crippen LogP contribution in [0, 0.1) is 0 Å². The molecular formula is C13H28O5Si. The van der Waals surface area contributed by atoms with E-state index < -0.39 is 8.80 Å². The van der Waals surface area contributed by atoms with Crippen LogP contribution < -0.4 is 0 Å². The van der Waals surface area contributed by atoms with Gasteiger partial charge in [0, 0.05) is 33.0 Å². The number of rotatable bonds is 11. The van der Waals surface area contributed by atoms with Gasteiger partial charge in [0.05, 0.1) is 6.10 Å². The van der Waals surface area contributed by atoms with Gasteiger partial charge in [0.25, 0.3) is 0 Å². The highest BCUT2D eigenvalue weighted by Gasteiger charge is 2.55. The van der Waals surface area contributed by atoms with E-state index in [0.29, 0.717) is 26.4 Å². The molecule has 0 spiro atoms. The molecule has 1 rings (SSSR count). The Labute approximate surface area is 117 Å². The fraction of sp³-hybridized carbons (Fsp3) is 1.00. The van der Waals surface area contributed by atoms with Gasteiger partial charge in [-0.1, -0.05) is 6.92 Å². The molecule has 0 aromatic rings. The summed E-state index contributed by atoms with van der Waals surface area (Å²) < 4.78 is 29.3. The van der Waals surface area contributed by atoms with E-state index in [0.717, 1.165) is 19.4 Å². The molecule has 6 heteroatoms. The quantitative estimate of drug-likeness (QED) is 0.546. The summed E-state index contributed by atoms with van der Waals surface area (Å²) in [4.78, 5) is 0. The average molecular weight is 292 g/mol. The van der Waals surface area contributed by atoms with Gasteiger partial charge in [0.15, 0.2) is 5.73 Å². The molecule has 114 valence electrons. The zero-order valence-electron chi connectivity index (χ0n) is 12.6. The van der Waals surface area contributed by atoms with Crippen molar-refractivity contribution in [3.8, 4) is 0 Å². The van der Waals surface area contributed by atoms with Crippen molar-refractivity contribution in [3.63, 3.8) is 0 Å². The Kier molecular flexibility index (Phi) is 8.13. The normalized spacial score (nSPS) is 21.2. The Morgan fingerprint density at radius 1 is 1.05 bits per heavy atom. The number of ether oxygens (including phenoxy) is 2. The molecule has 19 heavy (non-hydrogen) atoms. The molecule has 1 saturated heterocycles. The van der Waals surface area contributed by atoms with Crippen molar-refractivity contribution >= 4 is 8.80 Å². The lowest BCUT2D eigenvalue weighted by atomic mass is 10.2. The van der Waals surface area contributed by atoms with E-state index >= 15 is 0 Å². The lowest BCUT2D eigenvalue weighted by molar-refractivity contribution is -0.138. The van der Waals surface area contributed by atoms with Gasteiger partial charge in [-0.05, 0) is 33.6 Å². The summed E-state index contributed by atoms with van der Waals surface area (Å²) in [5.74, 6) is 0. The first kappa shape index (κ1) is 17.1. The molecule has 1 aliphatic heterocycles. The molecule has 0 aromatic heterocycles. The monoisotopic (exact) mass is 292 g/mol. The third-order valence-corrected chi connectivity index (χ3v) is 6.27. The first-order valence-corrected chi connectivity index (χ1v) is 9.19. The Bertz CT molecular complexity index is 218. The SMILES string of the molecule is CCCOC(C1CCO1)[Si](OCC)(OCC)OCC. The number of hydrogen-bond acceptors (Lipinski definition) is 5. The van der Waals surface area contributed by atoms with Crippen LogP contribution in [0.3, 0.4) is 0 Å². The van der Waals surface area contributed by atoms with Gasteiger partial charge in [-0.2, -0.15) is 0 Å². The van der Waals surface area contributed by atoms with Crippen LogP contribution in [0.2, 0.25) is 0 Å². The van der Waals surface area contributed by atoms with Gasteiger partial charge in [0.2, 0.25) is 0 Å². The first-order chi connectivity index (χ1) is 9.24. The highest BCUT2D eigenvalue weighted by Crippen LogP contribution is 2.28. The van der Waals surface area contributed by atoms with Gasteiger partial charge in [-0.25, -0.2) is 0 Å². The molecule has 2 atom stereocenters. The first-order valence-electron chi connectivity index (χ1n) is 7.39. The van der Waals surface area contributed by atoms with Crippen LogP contribution in [0.15, 0.2) is 0 Å². The summed E-state index contributed by atoms with van der Waals surface area (Å²) in [6, 6.07) is 0. The molecule has 0 amide bonds. The summed E-state index contributed by atoms with van der Waals surface area (Å²) >= 11 is 0. The predicted molar refractivity (Wildman–Crippen MR) is 75.0 cm³/mol. The Morgan fingerprint density at radius 2 is 1.58 bits per heavy atom.